The maximum Gasteiger partial charge on any atom is 0.264 e. The molecule has 1 N–H and O–H groups in total. The molecule has 0 spiro atoms. The van der Waals surface area contributed by atoms with Gasteiger partial charge in [-0.25, -0.2) is 8.42 Å². The molecular weight excluding hydrogens is 430 g/mol. The number of ether oxygens (including phenoxy) is 1. The van der Waals surface area contributed by atoms with Crippen molar-refractivity contribution in [1.29, 1.82) is 0 Å². The first-order chi connectivity index (χ1) is 15.3. The van der Waals surface area contributed by atoms with E-state index in [1.54, 1.807) is 36.1 Å². The Hall–Kier alpha value is -3.07. The fourth-order valence-corrected chi connectivity index (χ4v) is 5.54. The Morgan fingerprint density at radius 3 is 2.53 bits per heavy atom. The van der Waals surface area contributed by atoms with Crippen molar-refractivity contribution in [3.8, 4) is 5.75 Å². The van der Waals surface area contributed by atoms with Gasteiger partial charge in [-0.15, -0.1) is 0 Å². The van der Waals surface area contributed by atoms with E-state index in [0.29, 0.717) is 18.0 Å². The molecule has 1 heterocycles. The van der Waals surface area contributed by atoms with Crippen molar-refractivity contribution in [2.45, 2.75) is 37.1 Å². The number of amides is 2. The summed E-state index contributed by atoms with van der Waals surface area (Å²) in [4.78, 5) is 26.9. The highest BCUT2D eigenvalue weighted by molar-refractivity contribution is 7.92. The van der Waals surface area contributed by atoms with E-state index in [-0.39, 0.29) is 41.4 Å². The van der Waals surface area contributed by atoms with E-state index in [0.717, 1.165) is 12.8 Å². The molecule has 0 aromatic heterocycles. The Kier molecular flexibility index (Phi) is 6.10. The molecule has 0 radical (unpaired) electrons. The van der Waals surface area contributed by atoms with Crippen LogP contribution in [0, 0.1) is 5.92 Å². The van der Waals surface area contributed by atoms with Crippen molar-refractivity contribution in [3.63, 3.8) is 0 Å². The third-order valence-electron chi connectivity index (χ3n) is 5.87. The van der Waals surface area contributed by atoms with Crippen LogP contribution in [0.4, 0.5) is 11.4 Å². The molecule has 1 atom stereocenters. The fourth-order valence-electron chi connectivity index (χ4n) is 4.04. The highest BCUT2D eigenvalue weighted by Gasteiger charge is 2.41. The van der Waals surface area contributed by atoms with Crippen LogP contribution in [0.15, 0.2) is 53.4 Å². The summed E-state index contributed by atoms with van der Waals surface area (Å²) in [7, 11) is -2.41. The minimum atomic E-state index is -3.86. The minimum absolute atomic E-state index is 0.00241. The second kappa shape index (κ2) is 8.82. The van der Waals surface area contributed by atoms with Gasteiger partial charge in [0.15, 0.2) is 0 Å². The van der Waals surface area contributed by atoms with Crippen LogP contribution in [0.2, 0.25) is 0 Å². The largest absolute Gasteiger partial charge is 0.495 e. The number of nitrogens with zero attached hydrogens (tertiary/aromatic N) is 2. The quantitative estimate of drug-likeness (QED) is 0.658. The first-order valence-corrected chi connectivity index (χ1v) is 12.1. The topological polar surface area (TPSA) is 96.0 Å². The fraction of sp³-hybridized carbons (Fsp3) is 0.391. The minimum Gasteiger partial charge on any atom is -0.495 e. The maximum atomic E-state index is 13.3. The van der Waals surface area contributed by atoms with Gasteiger partial charge in [-0.3, -0.25) is 13.9 Å². The number of sulfonamides is 1. The Morgan fingerprint density at radius 2 is 1.91 bits per heavy atom. The monoisotopic (exact) mass is 457 g/mol. The van der Waals surface area contributed by atoms with Crippen LogP contribution in [0.25, 0.3) is 0 Å². The number of hydrogen-bond acceptors (Lipinski definition) is 5. The molecule has 2 aromatic carbocycles. The van der Waals surface area contributed by atoms with Gasteiger partial charge in [0.1, 0.15) is 5.75 Å². The van der Waals surface area contributed by atoms with Gasteiger partial charge in [0.25, 0.3) is 10.0 Å². The van der Waals surface area contributed by atoms with Gasteiger partial charge in [-0.05, 0) is 50.1 Å². The molecule has 32 heavy (non-hydrogen) atoms. The SMILES string of the molecule is CCN(c1ccccc1)S(=O)(=O)c1ccc(OC)c(NC(=O)[C@@H]2CC(=O)N(C3CC3)C2)c1. The summed E-state index contributed by atoms with van der Waals surface area (Å²) in [5.41, 5.74) is 0.820. The van der Waals surface area contributed by atoms with Gasteiger partial charge in [0, 0.05) is 25.6 Å². The second-order valence-electron chi connectivity index (χ2n) is 8.04. The summed E-state index contributed by atoms with van der Waals surface area (Å²) in [5.74, 6) is -0.435. The predicted octanol–water partition coefficient (Wildman–Crippen LogP) is 2.86. The number of benzene rings is 2. The van der Waals surface area contributed by atoms with E-state index in [2.05, 4.69) is 5.32 Å². The molecule has 4 rings (SSSR count). The van der Waals surface area contributed by atoms with E-state index < -0.39 is 15.9 Å². The van der Waals surface area contributed by atoms with E-state index in [4.69, 9.17) is 4.74 Å². The van der Waals surface area contributed by atoms with Gasteiger partial charge < -0.3 is 15.0 Å². The summed E-state index contributed by atoms with van der Waals surface area (Å²) in [5, 5.41) is 2.79. The number of carbonyl (C=O) groups is 2. The van der Waals surface area contributed by atoms with Crippen LogP contribution >= 0.6 is 0 Å². The number of anilines is 2. The Morgan fingerprint density at radius 1 is 1.19 bits per heavy atom. The molecule has 1 aliphatic heterocycles. The Balaban J connectivity index is 1.58. The van der Waals surface area contributed by atoms with Crippen molar-refractivity contribution in [3.05, 3.63) is 48.5 Å². The summed E-state index contributed by atoms with van der Waals surface area (Å²) in [6.07, 6.45) is 2.15. The number of rotatable bonds is 8. The number of methoxy groups -OCH3 is 1. The standard InChI is InChI=1S/C23H27N3O5S/c1-3-26(18-7-5-4-6-8-18)32(29,30)19-11-12-21(31-2)20(14-19)24-23(28)16-13-22(27)25(15-16)17-9-10-17/h4-8,11-12,14,16-17H,3,9-10,13,15H2,1-2H3,(H,24,28)/t16-/m1/s1. The molecule has 8 nitrogen and oxygen atoms in total. The lowest BCUT2D eigenvalue weighted by Gasteiger charge is -2.23. The first-order valence-electron chi connectivity index (χ1n) is 10.7. The average molecular weight is 458 g/mol. The second-order valence-corrected chi connectivity index (χ2v) is 9.90. The average Bonchev–Trinajstić information content (AvgIpc) is 3.55. The molecule has 170 valence electrons. The van der Waals surface area contributed by atoms with Crippen molar-refractivity contribution in [2.75, 3.05) is 29.8 Å². The lowest BCUT2D eigenvalue weighted by atomic mass is 10.1. The Bertz CT molecular complexity index is 1120. The van der Waals surface area contributed by atoms with Gasteiger partial charge in [-0.2, -0.15) is 0 Å². The van der Waals surface area contributed by atoms with Gasteiger partial charge in [0.2, 0.25) is 11.8 Å². The normalized spacial score (nSPS) is 18.5. The number of nitrogens with one attached hydrogen (secondary N) is 1. The van der Waals surface area contributed by atoms with Gasteiger partial charge >= 0.3 is 0 Å². The van der Waals surface area contributed by atoms with Crippen molar-refractivity contribution < 1.29 is 22.7 Å². The molecule has 1 saturated heterocycles. The third-order valence-corrected chi connectivity index (χ3v) is 7.76. The van der Waals surface area contributed by atoms with Crippen LogP contribution in [0.5, 0.6) is 5.75 Å². The number of carbonyl (C=O) groups excluding carboxylic acids is 2. The molecule has 9 heteroatoms. The summed E-state index contributed by atoms with van der Waals surface area (Å²) in [6.45, 7) is 2.41. The zero-order chi connectivity index (χ0) is 22.9. The molecule has 1 saturated carbocycles. The first kappa shape index (κ1) is 22.1. The molecule has 1 aliphatic carbocycles. The molecule has 0 unspecified atom stereocenters. The summed E-state index contributed by atoms with van der Waals surface area (Å²) >= 11 is 0. The van der Waals surface area contributed by atoms with E-state index in [1.165, 1.54) is 29.6 Å². The lowest BCUT2D eigenvalue weighted by molar-refractivity contribution is -0.128. The molecule has 0 bridgehead atoms. The van der Waals surface area contributed by atoms with E-state index in [1.807, 2.05) is 6.07 Å². The van der Waals surface area contributed by atoms with Crippen molar-refractivity contribution in [2.24, 2.45) is 5.92 Å². The van der Waals surface area contributed by atoms with Crippen molar-refractivity contribution in [1.82, 2.24) is 4.90 Å². The van der Waals surface area contributed by atoms with Gasteiger partial charge in [0.05, 0.1) is 29.3 Å². The third kappa shape index (κ3) is 4.29. The van der Waals surface area contributed by atoms with E-state index in [9.17, 15) is 18.0 Å². The zero-order valence-corrected chi connectivity index (χ0v) is 19.0. The summed E-state index contributed by atoms with van der Waals surface area (Å²) < 4.78 is 33.3. The Labute approximate surface area is 188 Å². The zero-order valence-electron chi connectivity index (χ0n) is 18.2. The highest BCUT2D eigenvalue weighted by atomic mass is 32.2. The predicted molar refractivity (Wildman–Crippen MR) is 121 cm³/mol. The number of para-hydroxylation sites is 1. The van der Waals surface area contributed by atoms with Crippen molar-refractivity contribution >= 4 is 33.2 Å². The van der Waals surface area contributed by atoms with Crippen LogP contribution in [0.3, 0.4) is 0 Å². The maximum absolute atomic E-state index is 13.3. The van der Waals surface area contributed by atoms with Crippen LogP contribution in [-0.2, 0) is 19.6 Å². The van der Waals surface area contributed by atoms with Crippen LogP contribution in [-0.4, -0.2) is 51.4 Å². The van der Waals surface area contributed by atoms with Crippen LogP contribution in [0.1, 0.15) is 26.2 Å². The smallest absolute Gasteiger partial charge is 0.264 e. The lowest BCUT2D eigenvalue weighted by Crippen LogP contribution is -2.31. The number of likely N-dealkylation sites (tertiary alicyclic amines) is 1. The molecule has 2 fully saturated rings. The highest BCUT2D eigenvalue weighted by Crippen LogP contribution is 2.34. The molecular formula is C23H27N3O5S. The molecule has 2 aliphatic rings. The molecule has 2 aromatic rings. The van der Waals surface area contributed by atoms with Gasteiger partial charge in [-0.1, -0.05) is 18.2 Å². The number of hydrogen-bond donors (Lipinski definition) is 1. The van der Waals surface area contributed by atoms with Crippen LogP contribution < -0.4 is 14.4 Å². The molecule has 2 amide bonds. The summed E-state index contributed by atoms with van der Waals surface area (Å²) in [6, 6.07) is 13.5. The van der Waals surface area contributed by atoms with E-state index >= 15 is 0 Å².